The van der Waals surface area contributed by atoms with Crippen LogP contribution in [-0.2, 0) is 17.8 Å². The Balaban J connectivity index is 1.24. The average molecular weight is 529 g/mol. The molecule has 0 radical (unpaired) electrons. The molecule has 39 heavy (non-hydrogen) atoms. The van der Waals surface area contributed by atoms with E-state index in [0.717, 1.165) is 48.5 Å². The van der Waals surface area contributed by atoms with Gasteiger partial charge in [0, 0.05) is 56.5 Å². The molecule has 7 rings (SSSR count). The van der Waals surface area contributed by atoms with Crippen LogP contribution in [0.3, 0.4) is 0 Å². The maximum Gasteiger partial charge on any atom is 0.254 e. The molecule has 0 unspecified atom stereocenters. The van der Waals surface area contributed by atoms with E-state index in [9.17, 15) is 14.3 Å². The molecular formula is C29H29FN6O3. The van der Waals surface area contributed by atoms with E-state index in [1.165, 1.54) is 17.7 Å². The number of hydrogen-bond donors (Lipinski definition) is 3. The molecule has 2 atom stereocenters. The maximum absolute atomic E-state index is 13.7. The standard InChI is InChI=1S/C29H29FN6O3/c30-18-5-9-36-25(13-31-27(36)11-18)21-1-3-23(28-22(21)12-32-29(28)38)33-26-4-2-20(17-7-10-39-16-17)24(34-26)15-35-8-6-19(37)14-35/h1-5,9,11,13,17,19,37H,6-8,10,12,14-16H2,(H,32,38)(H,33,34)/t17-,19+/m0/s1. The summed E-state index contributed by atoms with van der Waals surface area (Å²) in [7, 11) is 0. The van der Waals surface area contributed by atoms with Crippen molar-refractivity contribution in [3.63, 3.8) is 0 Å². The van der Waals surface area contributed by atoms with Gasteiger partial charge in [0.05, 0.1) is 41.5 Å². The molecule has 0 bridgehead atoms. The van der Waals surface area contributed by atoms with E-state index in [2.05, 4.69) is 26.6 Å². The van der Waals surface area contributed by atoms with Gasteiger partial charge in [0.1, 0.15) is 17.3 Å². The Morgan fingerprint density at radius 2 is 2.13 bits per heavy atom. The van der Waals surface area contributed by atoms with Gasteiger partial charge in [-0.15, -0.1) is 0 Å². The number of aliphatic hydroxyl groups excluding tert-OH is 1. The lowest BCUT2D eigenvalue weighted by Crippen LogP contribution is -2.23. The summed E-state index contributed by atoms with van der Waals surface area (Å²) in [6.45, 7) is 3.97. The number of aliphatic hydroxyl groups is 1. The number of benzene rings is 1. The fraction of sp³-hybridized carbons (Fsp3) is 0.345. The smallest absolute Gasteiger partial charge is 0.254 e. The zero-order valence-corrected chi connectivity index (χ0v) is 21.4. The van der Waals surface area contributed by atoms with E-state index >= 15 is 0 Å². The minimum absolute atomic E-state index is 0.153. The first kappa shape index (κ1) is 24.2. The van der Waals surface area contributed by atoms with Crippen LogP contribution in [0.1, 0.15) is 45.9 Å². The predicted molar refractivity (Wildman–Crippen MR) is 143 cm³/mol. The van der Waals surface area contributed by atoms with E-state index in [-0.39, 0.29) is 17.8 Å². The molecule has 0 aliphatic carbocycles. The van der Waals surface area contributed by atoms with Crippen molar-refractivity contribution < 1.29 is 19.0 Å². The van der Waals surface area contributed by atoms with Crippen molar-refractivity contribution in [3.05, 3.63) is 77.0 Å². The number of aromatic nitrogens is 3. The van der Waals surface area contributed by atoms with Crippen molar-refractivity contribution in [1.29, 1.82) is 0 Å². The minimum atomic E-state index is -0.347. The van der Waals surface area contributed by atoms with Crippen molar-refractivity contribution in [1.82, 2.24) is 24.6 Å². The summed E-state index contributed by atoms with van der Waals surface area (Å²) in [6.07, 6.45) is 4.80. The van der Waals surface area contributed by atoms with Crippen molar-refractivity contribution >= 4 is 23.1 Å². The van der Waals surface area contributed by atoms with Gasteiger partial charge >= 0.3 is 0 Å². The number of hydrogen-bond acceptors (Lipinski definition) is 7. The summed E-state index contributed by atoms with van der Waals surface area (Å²) in [6, 6.07) is 10.7. The zero-order valence-electron chi connectivity index (χ0n) is 21.4. The quantitative estimate of drug-likeness (QED) is 0.351. The van der Waals surface area contributed by atoms with Crippen LogP contribution in [0.5, 0.6) is 0 Å². The number of carbonyl (C=O) groups excluding carboxylic acids is 1. The number of ether oxygens (including phenoxy) is 1. The van der Waals surface area contributed by atoms with Gasteiger partial charge in [0.25, 0.3) is 5.91 Å². The Kier molecular flexibility index (Phi) is 6.03. The summed E-state index contributed by atoms with van der Waals surface area (Å²) in [5, 5.41) is 16.4. The number of halogens is 1. The van der Waals surface area contributed by atoms with Crippen LogP contribution in [0.2, 0.25) is 0 Å². The Labute approximate surface area is 224 Å². The highest BCUT2D eigenvalue weighted by Gasteiger charge is 2.29. The maximum atomic E-state index is 13.7. The molecule has 2 fully saturated rings. The van der Waals surface area contributed by atoms with E-state index in [0.29, 0.717) is 54.9 Å². The first-order valence-corrected chi connectivity index (χ1v) is 13.4. The van der Waals surface area contributed by atoms with E-state index in [1.807, 2.05) is 22.6 Å². The molecule has 10 heteroatoms. The first-order valence-electron chi connectivity index (χ1n) is 13.4. The fourth-order valence-electron chi connectivity index (χ4n) is 6.01. The zero-order chi connectivity index (χ0) is 26.5. The molecule has 3 aliphatic heterocycles. The van der Waals surface area contributed by atoms with Crippen molar-refractivity contribution in [3.8, 4) is 11.3 Å². The van der Waals surface area contributed by atoms with E-state index in [4.69, 9.17) is 9.72 Å². The molecule has 4 aromatic rings. The van der Waals surface area contributed by atoms with Crippen molar-refractivity contribution in [2.75, 3.05) is 31.6 Å². The van der Waals surface area contributed by atoms with Crippen LogP contribution in [0.15, 0.2) is 48.8 Å². The summed E-state index contributed by atoms with van der Waals surface area (Å²) in [5.74, 6) is 0.468. The number of fused-ring (bicyclic) bond motifs is 2. The number of anilines is 2. The molecule has 3 aliphatic rings. The molecule has 0 saturated carbocycles. The molecule has 1 amide bonds. The van der Waals surface area contributed by atoms with Gasteiger partial charge in [-0.25, -0.2) is 14.4 Å². The Morgan fingerprint density at radius 3 is 2.95 bits per heavy atom. The molecule has 3 aromatic heterocycles. The van der Waals surface area contributed by atoms with Crippen LogP contribution in [0.25, 0.3) is 16.9 Å². The molecular weight excluding hydrogens is 499 g/mol. The molecule has 1 aromatic carbocycles. The highest BCUT2D eigenvalue weighted by molar-refractivity contribution is 6.06. The summed E-state index contributed by atoms with van der Waals surface area (Å²) in [4.78, 5) is 24.6. The second-order valence-corrected chi connectivity index (χ2v) is 10.5. The molecule has 6 heterocycles. The van der Waals surface area contributed by atoms with Gasteiger partial charge in [0.15, 0.2) is 0 Å². The highest BCUT2D eigenvalue weighted by Crippen LogP contribution is 2.36. The second kappa shape index (κ2) is 9.71. The third kappa shape index (κ3) is 4.44. The molecule has 0 spiro atoms. The van der Waals surface area contributed by atoms with Crippen LogP contribution in [0.4, 0.5) is 15.9 Å². The van der Waals surface area contributed by atoms with E-state index < -0.39 is 0 Å². The minimum Gasteiger partial charge on any atom is -0.392 e. The summed E-state index contributed by atoms with van der Waals surface area (Å²) >= 11 is 0. The highest BCUT2D eigenvalue weighted by atomic mass is 19.1. The number of nitrogens with zero attached hydrogens (tertiary/aromatic N) is 4. The monoisotopic (exact) mass is 528 g/mol. The van der Waals surface area contributed by atoms with Crippen LogP contribution in [0, 0.1) is 5.82 Å². The van der Waals surface area contributed by atoms with Gasteiger partial charge < -0.3 is 20.5 Å². The Morgan fingerprint density at radius 1 is 1.21 bits per heavy atom. The topological polar surface area (TPSA) is 104 Å². The third-order valence-electron chi connectivity index (χ3n) is 7.98. The number of carbonyl (C=O) groups is 1. The number of β-amino-alcohol motifs (C(OH)–C–C–N with tert-alkyl or cyclic N) is 1. The first-order chi connectivity index (χ1) is 19.0. The lowest BCUT2D eigenvalue weighted by molar-refractivity contribution is 0.0966. The van der Waals surface area contributed by atoms with Crippen LogP contribution >= 0.6 is 0 Å². The second-order valence-electron chi connectivity index (χ2n) is 10.5. The number of likely N-dealkylation sites (tertiary alicyclic amines) is 1. The average Bonchev–Trinajstić information content (AvgIpc) is 3.73. The lowest BCUT2D eigenvalue weighted by atomic mass is 9.96. The largest absolute Gasteiger partial charge is 0.392 e. The number of imidazole rings is 1. The SMILES string of the molecule is O=C1NCc2c(-c3cnc4cc(F)ccn34)ccc(Nc3ccc([C@H]4CCOC4)c(CN4CC[C@@H](O)C4)n3)c21. The molecule has 3 N–H and O–H groups in total. The number of rotatable bonds is 6. The van der Waals surface area contributed by atoms with Crippen molar-refractivity contribution in [2.24, 2.45) is 0 Å². The normalized spacial score (nSPS) is 21.0. The van der Waals surface area contributed by atoms with Gasteiger partial charge in [-0.1, -0.05) is 12.1 Å². The number of nitrogens with one attached hydrogen (secondary N) is 2. The summed E-state index contributed by atoms with van der Waals surface area (Å²) < 4.78 is 21.2. The molecule has 2 saturated heterocycles. The lowest BCUT2D eigenvalue weighted by Gasteiger charge is -2.21. The molecule has 200 valence electrons. The summed E-state index contributed by atoms with van der Waals surface area (Å²) in [5.41, 5.74) is 6.43. The van der Waals surface area contributed by atoms with Crippen molar-refractivity contribution in [2.45, 2.75) is 38.0 Å². The number of pyridine rings is 2. The van der Waals surface area contributed by atoms with Crippen LogP contribution < -0.4 is 10.6 Å². The number of amides is 1. The fourth-order valence-corrected chi connectivity index (χ4v) is 6.01. The van der Waals surface area contributed by atoms with E-state index in [1.54, 1.807) is 12.4 Å². The van der Waals surface area contributed by atoms with Gasteiger partial charge in [-0.3, -0.25) is 14.1 Å². The Bertz CT molecular complexity index is 1580. The van der Waals surface area contributed by atoms with Gasteiger partial charge in [-0.2, -0.15) is 0 Å². The predicted octanol–water partition coefficient (Wildman–Crippen LogP) is 3.59. The van der Waals surface area contributed by atoms with Crippen LogP contribution in [-0.4, -0.2) is 62.7 Å². The molecule has 9 nitrogen and oxygen atoms in total. The Hall–Kier alpha value is -3.86. The third-order valence-corrected chi connectivity index (χ3v) is 7.98. The van der Waals surface area contributed by atoms with Gasteiger partial charge in [0.2, 0.25) is 0 Å². The van der Waals surface area contributed by atoms with Gasteiger partial charge in [-0.05, 0) is 42.2 Å².